The Morgan fingerprint density at radius 3 is 2.68 bits per heavy atom. The van der Waals surface area contributed by atoms with Crippen LogP contribution in [0.3, 0.4) is 0 Å². The summed E-state index contributed by atoms with van der Waals surface area (Å²) in [6.45, 7) is 7.95. The van der Waals surface area contributed by atoms with Gasteiger partial charge in [0, 0.05) is 25.8 Å². The number of alkyl carbamates (subject to hydrolysis) is 1. The molecular weight excluding hydrogens is 286 g/mol. The molecule has 0 saturated carbocycles. The fourth-order valence-electron chi connectivity index (χ4n) is 1.64. The van der Waals surface area contributed by atoms with Crippen molar-refractivity contribution in [3.8, 4) is 0 Å². The van der Waals surface area contributed by atoms with E-state index in [2.05, 4.69) is 21.0 Å². The van der Waals surface area contributed by atoms with Crippen molar-refractivity contribution in [2.24, 2.45) is 0 Å². The molecule has 0 spiro atoms. The molecule has 0 radical (unpaired) electrons. The van der Waals surface area contributed by atoms with E-state index >= 15 is 0 Å². The summed E-state index contributed by atoms with van der Waals surface area (Å²) in [7, 11) is 1.58. The van der Waals surface area contributed by atoms with Crippen molar-refractivity contribution in [1.82, 2.24) is 20.4 Å². The van der Waals surface area contributed by atoms with Gasteiger partial charge in [0.15, 0.2) is 0 Å². The monoisotopic (exact) mass is 311 g/mol. The van der Waals surface area contributed by atoms with E-state index in [1.54, 1.807) is 19.4 Å². The van der Waals surface area contributed by atoms with Gasteiger partial charge in [-0.3, -0.25) is 9.48 Å². The van der Waals surface area contributed by atoms with Crippen LogP contribution in [0.2, 0.25) is 0 Å². The highest BCUT2D eigenvalue weighted by molar-refractivity contribution is 5.75. The molecule has 1 rings (SSSR count). The lowest BCUT2D eigenvalue weighted by atomic mass is 10.2. The van der Waals surface area contributed by atoms with Crippen LogP contribution >= 0.6 is 0 Å². The van der Waals surface area contributed by atoms with Gasteiger partial charge in [0.05, 0.1) is 11.9 Å². The molecule has 1 aromatic rings. The Labute approximate surface area is 130 Å². The van der Waals surface area contributed by atoms with Crippen molar-refractivity contribution in [2.75, 3.05) is 18.9 Å². The van der Waals surface area contributed by atoms with Crippen molar-refractivity contribution in [3.63, 3.8) is 0 Å². The molecule has 1 atom stereocenters. The maximum absolute atomic E-state index is 11.6. The van der Waals surface area contributed by atoms with Gasteiger partial charge in [-0.1, -0.05) is 0 Å². The van der Waals surface area contributed by atoms with E-state index in [9.17, 15) is 9.59 Å². The third-order valence-electron chi connectivity index (χ3n) is 2.58. The van der Waals surface area contributed by atoms with Crippen LogP contribution in [-0.2, 0) is 16.1 Å². The van der Waals surface area contributed by atoms with Crippen molar-refractivity contribution in [3.05, 3.63) is 12.4 Å². The smallest absolute Gasteiger partial charge is 0.407 e. The van der Waals surface area contributed by atoms with Gasteiger partial charge in [0.2, 0.25) is 5.91 Å². The second kappa shape index (κ2) is 7.67. The highest BCUT2D eigenvalue weighted by Gasteiger charge is 2.16. The minimum absolute atomic E-state index is 0.00910. The van der Waals surface area contributed by atoms with Crippen LogP contribution in [0.1, 0.15) is 27.7 Å². The van der Waals surface area contributed by atoms with Crippen LogP contribution in [0.4, 0.5) is 10.5 Å². The van der Waals surface area contributed by atoms with Gasteiger partial charge in [-0.25, -0.2) is 4.79 Å². The zero-order valence-corrected chi connectivity index (χ0v) is 13.8. The number of nitrogens with zero attached hydrogens (tertiary/aromatic N) is 2. The minimum atomic E-state index is -0.512. The summed E-state index contributed by atoms with van der Waals surface area (Å²) in [4.78, 5) is 22.8. The number of nitrogens with one attached hydrogen (secondary N) is 3. The van der Waals surface area contributed by atoms with E-state index < -0.39 is 11.7 Å². The van der Waals surface area contributed by atoms with Gasteiger partial charge >= 0.3 is 6.09 Å². The maximum Gasteiger partial charge on any atom is 0.407 e. The van der Waals surface area contributed by atoms with Gasteiger partial charge in [-0.05, 0) is 27.7 Å². The number of likely N-dealkylation sites (N-methyl/N-ethyl adjacent to an activating group) is 1. The number of rotatable bonds is 6. The summed E-state index contributed by atoms with van der Waals surface area (Å²) < 4.78 is 6.70. The summed E-state index contributed by atoms with van der Waals surface area (Å²) >= 11 is 0. The largest absolute Gasteiger partial charge is 0.444 e. The van der Waals surface area contributed by atoms with Crippen LogP contribution in [0.5, 0.6) is 0 Å². The number of ether oxygens (including phenoxy) is 1. The Bertz CT molecular complexity index is 507. The normalized spacial score (nSPS) is 12.4. The molecule has 0 aliphatic carbocycles. The predicted octanol–water partition coefficient (Wildman–Crippen LogP) is 0.954. The van der Waals surface area contributed by atoms with Crippen LogP contribution in [0, 0.1) is 0 Å². The first-order valence-corrected chi connectivity index (χ1v) is 7.16. The number of hydrogen-bond donors (Lipinski definition) is 3. The molecule has 3 N–H and O–H groups in total. The van der Waals surface area contributed by atoms with Crippen molar-refractivity contribution >= 4 is 17.7 Å². The molecule has 0 aliphatic rings. The molecular formula is C14H25N5O3. The number of carbonyl (C=O) groups is 2. The van der Waals surface area contributed by atoms with Gasteiger partial charge in [0.1, 0.15) is 12.1 Å². The third-order valence-corrected chi connectivity index (χ3v) is 2.58. The molecule has 0 aromatic carbocycles. The zero-order valence-electron chi connectivity index (χ0n) is 13.8. The zero-order chi connectivity index (χ0) is 16.8. The maximum atomic E-state index is 11.6. The topological polar surface area (TPSA) is 97.3 Å². The van der Waals surface area contributed by atoms with Crippen LogP contribution in [-0.4, -0.2) is 47.0 Å². The Kier molecular flexibility index (Phi) is 6.21. The average Bonchev–Trinajstić information content (AvgIpc) is 2.81. The number of amides is 2. The van der Waals surface area contributed by atoms with Crippen molar-refractivity contribution < 1.29 is 14.3 Å². The van der Waals surface area contributed by atoms with Gasteiger partial charge in [-0.2, -0.15) is 5.10 Å². The molecule has 2 amide bonds. The van der Waals surface area contributed by atoms with Crippen LogP contribution in [0.15, 0.2) is 12.4 Å². The first-order valence-electron chi connectivity index (χ1n) is 7.16. The molecule has 1 aromatic heterocycles. The Morgan fingerprint density at radius 1 is 1.41 bits per heavy atom. The Balaban J connectivity index is 2.37. The molecule has 0 saturated heterocycles. The molecule has 22 heavy (non-hydrogen) atoms. The second-order valence-corrected chi connectivity index (χ2v) is 6.03. The lowest BCUT2D eigenvalue weighted by molar-refractivity contribution is -0.121. The van der Waals surface area contributed by atoms with Crippen LogP contribution in [0.25, 0.3) is 0 Å². The lowest BCUT2D eigenvalue weighted by Gasteiger charge is -2.21. The molecule has 0 bridgehead atoms. The van der Waals surface area contributed by atoms with E-state index in [1.165, 1.54) is 4.68 Å². The summed E-state index contributed by atoms with van der Waals surface area (Å²) in [6, 6.07) is -0.00910. The summed E-state index contributed by atoms with van der Waals surface area (Å²) in [5, 5.41) is 12.5. The minimum Gasteiger partial charge on any atom is -0.444 e. The summed E-state index contributed by atoms with van der Waals surface area (Å²) in [6.07, 6.45) is 2.92. The van der Waals surface area contributed by atoms with Gasteiger partial charge in [0.25, 0.3) is 0 Å². The lowest BCUT2D eigenvalue weighted by Crippen LogP contribution is -2.38. The molecule has 8 heteroatoms. The molecule has 1 unspecified atom stereocenters. The average molecular weight is 311 g/mol. The van der Waals surface area contributed by atoms with E-state index in [0.29, 0.717) is 6.54 Å². The number of hydrogen-bond acceptors (Lipinski definition) is 5. The molecule has 0 aliphatic heterocycles. The van der Waals surface area contributed by atoms with Crippen LogP contribution < -0.4 is 16.0 Å². The highest BCUT2D eigenvalue weighted by atomic mass is 16.6. The van der Waals surface area contributed by atoms with E-state index in [0.717, 1.165) is 5.69 Å². The molecule has 0 fully saturated rings. The Hall–Kier alpha value is -2.25. The van der Waals surface area contributed by atoms with E-state index in [1.807, 2.05) is 27.7 Å². The van der Waals surface area contributed by atoms with Crippen molar-refractivity contribution in [1.29, 1.82) is 0 Å². The fourth-order valence-corrected chi connectivity index (χ4v) is 1.64. The molecule has 8 nitrogen and oxygen atoms in total. The molecule has 124 valence electrons. The first kappa shape index (κ1) is 17.8. The number of aromatic nitrogens is 2. The number of carbonyl (C=O) groups excluding carboxylic acids is 2. The van der Waals surface area contributed by atoms with E-state index in [-0.39, 0.29) is 18.5 Å². The Morgan fingerprint density at radius 2 is 2.09 bits per heavy atom. The SMILES string of the molecule is CNC(=O)Cn1cc(NC(C)CNC(=O)OC(C)(C)C)cn1. The third kappa shape index (κ3) is 6.96. The summed E-state index contributed by atoms with van der Waals surface area (Å²) in [5.74, 6) is -0.116. The van der Waals surface area contributed by atoms with Gasteiger partial charge < -0.3 is 20.7 Å². The molecule has 1 heterocycles. The standard InChI is InChI=1S/C14H25N5O3/c1-10(6-16-13(21)22-14(2,3)4)18-11-7-17-19(8-11)9-12(20)15-5/h7-8,10,18H,6,9H2,1-5H3,(H,15,20)(H,16,21). The van der Waals surface area contributed by atoms with E-state index in [4.69, 9.17) is 4.74 Å². The number of anilines is 1. The predicted molar refractivity (Wildman–Crippen MR) is 83.6 cm³/mol. The van der Waals surface area contributed by atoms with Crippen molar-refractivity contribution in [2.45, 2.75) is 45.9 Å². The highest BCUT2D eigenvalue weighted by Crippen LogP contribution is 2.08. The first-order chi connectivity index (χ1) is 10.2. The fraction of sp³-hybridized carbons (Fsp3) is 0.643. The second-order valence-electron chi connectivity index (χ2n) is 6.03. The summed E-state index contributed by atoms with van der Waals surface area (Å²) in [5.41, 5.74) is 0.268. The van der Waals surface area contributed by atoms with Gasteiger partial charge in [-0.15, -0.1) is 0 Å². The quantitative estimate of drug-likeness (QED) is 0.727.